The van der Waals surface area contributed by atoms with Gasteiger partial charge in [0.1, 0.15) is 0 Å². The molecule has 6 heteroatoms. The first-order chi connectivity index (χ1) is 13.0. The van der Waals surface area contributed by atoms with Crippen molar-refractivity contribution in [2.75, 3.05) is 53.4 Å². The van der Waals surface area contributed by atoms with Gasteiger partial charge in [0, 0.05) is 52.2 Å². The minimum Gasteiger partial charge on any atom is -0.355 e. The lowest BCUT2D eigenvalue weighted by Gasteiger charge is -2.33. The van der Waals surface area contributed by atoms with E-state index in [2.05, 4.69) is 39.4 Å². The summed E-state index contributed by atoms with van der Waals surface area (Å²) in [7, 11) is 4.00. The molecule has 0 aliphatic carbocycles. The van der Waals surface area contributed by atoms with E-state index >= 15 is 0 Å². The van der Waals surface area contributed by atoms with Gasteiger partial charge in [-0.3, -0.25) is 14.5 Å². The van der Waals surface area contributed by atoms with Crippen molar-refractivity contribution in [3.63, 3.8) is 0 Å². The van der Waals surface area contributed by atoms with Crippen LogP contribution in [0, 0.1) is 5.92 Å². The van der Waals surface area contributed by atoms with Crippen LogP contribution >= 0.6 is 0 Å². The first-order valence-electron chi connectivity index (χ1n) is 10.0. The van der Waals surface area contributed by atoms with Crippen molar-refractivity contribution in [3.8, 4) is 0 Å². The van der Waals surface area contributed by atoms with Gasteiger partial charge in [0.05, 0.1) is 5.92 Å². The van der Waals surface area contributed by atoms with E-state index in [-0.39, 0.29) is 17.7 Å². The number of fused-ring (bicyclic) bond motifs is 1. The number of benzene rings is 1. The average Bonchev–Trinajstić information content (AvgIpc) is 2.67. The number of piperidine rings is 1. The van der Waals surface area contributed by atoms with E-state index in [4.69, 9.17) is 0 Å². The SMILES string of the molecule is CN(C)CCN1C[C@H](C(=O)NCCN2CCc3ccccc3C2)CCC1=O. The predicted octanol–water partition coefficient (Wildman–Crippen LogP) is 0.961. The molecular formula is C21H32N4O2. The Bertz CT molecular complexity index is 661. The van der Waals surface area contributed by atoms with Crippen molar-refractivity contribution in [1.82, 2.24) is 20.0 Å². The molecule has 3 rings (SSSR count). The molecule has 27 heavy (non-hydrogen) atoms. The summed E-state index contributed by atoms with van der Waals surface area (Å²) in [5.74, 6) is 0.189. The van der Waals surface area contributed by atoms with E-state index in [0.29, 0.717) is 32.5 Å². The quantitative estimate of drug-likeness (QED) is 0.775. The van der Waals surface area contributed by atoms with Crippen LogP contribution in [0.1, 0.15) is 24.0 Å². The summed E-state index contributed by atoms with van der Waals surface area (Å²) < 4.78 is 0. The first-order valence-corrected chi connectivity index (χ1v) is 10.0. The maximum absolute atomic E-state index is 12.6. The molecule has 2 aliphatic heterocycles. The highest BCUT2D eigenvalue weighted by Crippen LogP contribution is 2.19. The Morgan fingerprint density at radius 3 is 2.74 bits per heavy atom. The first kappa shape index (κ1) is 19.8. The van der Waals surface area contributed by atoms with Gasteiger partial charge in [-0.05, 0) is 38.1 Å². The van der Waals surface area contributed by atoms with Gasteiger partial charge in [0.2, 0.25) is 11.8 Å². The van der Waals surface area contributed by atoms with Crippen molar-refractivity contribution in [1.29, 1.82) is 0 Å². The molecule has 1 saturated heterocycles. The van der Waals surface area contributed by atoms with Crippen LogP contribution in [0.4, 0.5) is 0 Å². The molecule has 0 spiro atoms. The van der Waals surface area contributed by atoms with Gasteiger partial charge in [0.25, 0.3) is 0 Å². The van der Waals surface area contributed by atoms with E-state index in [1.165, 1.54) is 11.1 Å². The lowest BCUT2D eigenvalue weighted by atomic mass is 9.96. The second-order valence-electron chi connectivity index (χ2n) is 7.96. The number of nitrogens with one attached hydrogen (secondary N) is 1. The van der Waals surface area contributed by atoms with Gasteiger partial charge in [-0.25, -0.2) is 0 Å². The highest BCUT2D eigenvalue weighted by Gasteiger charge is 2.30. The number of nitrogens with zero attached hydrogens (tertiary/aromatic N) is 3. The largest absolute Gasteiger partial charge is 0.355 e. The number of rotatable bonds is 7. The molecule has 0 saturated carbocycles. The van der Waals surface area contributed by atoms with Crippen LogP contribution in [0.3, 0.4) is 0 Å². The summed E-state index contributed by atoms with van der Waals surface area (Å²) >= 11 is 0. The zero-order valence-corrected chi connectivity index (χ0v) is 16.6. The Morgan fingerprint density at radius 2 is 1.96 bits per heavy atom. The molecule has 6 nitrogen and oxygen atoms in total. The molecule has 1 N–H and O–H groups in total. The van der Waals surface area contributed by atoms with Gasteiger partial charge in [-0.1, -0.05) is 24.3 Å². The maximum atomic E-state index is 12.6. The normalized spacial score (nSPS) is 20.6. The lowest BCUT2D eigenvalue weighted by molar-refractivity contribution is -0.138. The van der Waals surface area contributed by atoms with Crippen molar-refractivity contribution < 1.29 is 9.59 Å². The number of hydrogen-bond acceptors (Lipinski definition) is 4. The standard InChI is InChI=1S/C21H32N4O2/c1-23(2)13-14-25-16-19(7-8-20(25)26)21(27)22-10-12-24-11-9-17-5-3-4-6-18(17)15-24/h3-6,19H,7-16H2,1-2H3,(H,22,27)/t19-/m1/s1. The molecular weight excluding hydrogens is 340 g/mol. The fourth-order valence-electron chi connectivity index (χ4n) is 3.89. The Labute approximate surface area is 162 Å². The Morgan fingerprint density at radius 1 is 1.19 bits per heavy atom. The number of carbonyl (C=O) groups excluding carboxylic acids is 2. The molecule has 0 radical (unpaired) electrons. The van der Waals surface area contributed by atoms with E-state index in [1.54, 1.807) is 0 Å². The van der Waals surface area contributed by atoms with Gasteiger partial charge >= 0.3 is 0 Å². The second-order valence-corrected chi connectivity index (χ2v) is 7.96. The number of likely N-dealkylation sites (N-methyl/N-ethyl adjacent to an activating group) is 1. The molecule has 148 valence electrons. The Kier molecular flexibility index (Phi) is 6.85. The Balaban J connectivity index is 1.41. The summed E-state index contributed by atoms with van der Waals surface area (Å²) in [6, 6.07) is 8.60. The molecule has 0 aromatic heterocycles. The molecule has 0 bridgehead atoms. The zero-order valence-electron chi connectivity index (χ0n) is 16.6. The molecule has 2 amide bonds. The van der Waals surface area contributed by atoms with Crippen molar-refractivity contribution in [2.45, 2.75) is 25.8 Å². The molecule has 0 unspecified atom stereocenters. The summed E-state index contributed by atoms with van der Waals surface area (Å²) in [5, 5.41) is 3.09. The van der Waals surface area contributed by atoms with Crippen LogP contribution in [0.2, 0.25) is 0 Å². The predicted molar refractivity (Wildman–Crippen MR) is 106 cm³/mol. The highest BCUT2D eigenvalue weighted by molar-refractivity contribution is 5.83. The van der Waals surface area contributed by atoms with Gasteiger partial charge in [-0.2, -0.15) is 0 Å². The summed E-state index contributed by atoms with van der Waals surface area (Å²) in [6.07, 6.45) is 2.23. The minimum absolute atomic E-state index is 0.0769. The van der Waals surface area contributed by atoms with E-state index in [0.717, 1.165) is 32.6 Å². The molecule has 2 heterocycles. The zero-order chi connectivity index (χ0) is 19.2. The van der Waals surface area contributed by atoms with Crippen LogP contribution in [-0.4, -0.2) is 79.9 Å². The van der Waals surface area contributed by atoms with E-state index in [9.17, 15) is 9.59 Å². The van der Waals surface area contributed by atoms with Gasteiger partial charge in [-0.15, -0.1) is 0 Å². The van der Waals surface area contributed by atoms with Crippen molar-refractivity contribution >= 4 is 11.8 Å². The smallest absolute Gasteiger partial charge is 0.224 e. The van der Waals surface area contributed by atoms with Crippen LogP contribution in [0.5, 0.6) is 0 Å². The monoisotopic (exact) mass is 372 g/mol. The van der Waals surface area contributed by atoms with Crippen LogP contribution in [0.15, 0.2) is 24.3 Å². The van der Waals surface area contributed by atoms with E-state index in [1.807, 2.05) is 19.0 Å². The number of likely N-dealkylation sites (tertiary alicyclic amines) is 1. The lowest BCUT2D eigenvalue weighted by Crippen LogP contribution is -2.48. The summed E-state index contributed by atoms with van der Waals surface area (Å²) in [5.41, 5.74) is 2.85. The third-order valence-corrected chi connectivity index (χ3v) is 5.63. The fourth-order valence-corrected chi connectivity index (χ4v) is 3.89. The van der Waals surface area contributed by atoms with Gasteiger partial charge in [0.15, 0.2) is 0 Å². The third-order valence-electron chi connectivity index (χ3n) is 5.63. The van der Waals surface area contributed by atoms with Crippen LogP contribution in [-0.2, 0) is 22.6 Å². The number of hydrogen-bond donors (Lipinski definition) is 1. The molecule has 2 aliphatic rings. The average molecular weight is 373 g/mol. The van der Waals surface area contributed by atoms with Crippen LogP contribution < -0.4 is 5.32 Å². The van der Waals surface area contributed by atoms with Crippen molar-refractivity contribution in [3.05, 3.63) is 35.4 Å². The highest BCUT2D eigenvalue weighted by atomic mass is 16.2. The summed E-state index contributed by atoms with van der Waals surface area (Å²) in [4.78, 5) is 30.9. The molecule has 1 aromatic carbocycles. The van der Waals surface area contributed by atoms with Gasteiger partial charge < -0.3 is 15.1 Å². The van der Waals surface area contributed by atoms with E-state index < -0.39 is 0 Å². The minimum atomic E-state index is -0.0769. The molecule has 1 atom stereocenters. The second kappa shape index (κ2) is 9.33. The Hall–Kier alpha value is -1.92. The van der Waals surface area contributed by atoms with Crippen LogP contribution in [0.25, 0.3) is 0 Å². The summed E-state index contributed by atoms with van der Waals surface area (Å²) in [6.45, 7) is 5.62. The third kappa shape index (κ3) is 5.53. The maximum Gasteiger partial charge on any atom is 0.224 e. The molecule has 1 aromatic rings. The topological polar surface area (TPSA) is 55.9 Å². The fraction of sp³-hybridized carbons (Fsp3) is 0.619. The number of amides is 2. The van der Waals surface area contributed by atoms with Crippen molar-refractivity contribution in [2.24, 2.45) is 5.92 Å². The number of carbonyl (C=O) groups is 2. The molecule has 1 fully saturated rings.